The summed E-state index contributed by atoms with van der Waals surface area (Å²) in [5.41, 5.74) is 0. The van der Waals surface area contributed by atoms with Crippen molar-refractivity contribution in [2.45, 2.75) is 251 Å². The number of ether oxygens (including phenoxy) is 1. The first-order chi connectivity index (χ1) is 29.5. The van der Waals surface area contributed by atoms with E-state index in [2.05, 4.69) is 44.3 Å². The van der Waals surface area contributed by atoms with Gasteiger partial charge in [-0.3, -0.25) is 9.59 Å². The monoisotopic (exact) mass is 838 g/mol. The lowest BCUT2D eigenvalue weighted by Crippen LogP contribution is -2.46. The van der Waals surface area contributed by atoms with Crippen LogP contribution in [0.3, 0.4) is 0 Å². The molecule has 0 saturated carbocycles. The summed E-state index contributed by atoms with van der Waals surface area (Å²) >= 11 is 0. The Labute approximate surface area is 371 Å². The minimum atomic E-state index is -0.809. The fourth-order valence-corrected chi connectivity index (χ4v) is 7.34. The molecule has 3 atom stereocenters. The quantitative estimate of drug-likeness (QED) is 0.0246. The van der Waals surface area contributed by atoms with Gasteiger partial charge in [-0.25, -0.2) is 0 Å². The largest absolute Gasteiger partial charge is 0.462 e. The van der Waals surface area contributed by atoms with Crippen molar-refractivity contribution < 1.29 is 24.5 Å². The summed E-state index contributed by atoms with van der Waals surface area (Å²) in [6.45, 7) is 6.30. The Morgan fingerprint density at radius 2 is 0.933 bits per heavy atom. The van der Waals surface area contributed by atoms with Gasteiger partial charge >= 0.3 is 5.97 Å². The first-order valence-electron chi connectivity index (χ1n) is 25.2. The molecule has 3 unspecified atom stereocenters. The predicted molar refractivity (Wildman–Crippen MR) is 259 cm³/mol. The number of aliphatic hydroxyl groups excluding tert-OH is 2. The topological polar surface area (TPSA) is 95.9 Å². The molecule has 60 heavy (non-hydrogen) atoms. The van der Waals surface area contributed by atoms with Crippen molar-refractivity contribution in [3.63, 3.8) is 0 Å². The van der Waals surface area contributed by atoms with E-state index in [4.69, 9.17) is 4.74 Å². The predicted octanol–water partition coefficient (Wildman–Crippen LogP) is 15.0. The van der Waals surface area contributed by atoms with Crippen LogP contribution in [0.1, 0.15) is 233 Å². The first-order valence-corrected chi connectivity index (χ1v) is 25.2. The molecule has 0 aliphatic carbocycles. The van der Waals surface area contributed by atoms with Crippen molar-refractivity contribution in [2.75, 3.05) is 6.61 Å². The molecule has 1 amide bonds. The number of hydrogen-bond acceptors (Lipinski definition) is 5. The summed E-state index contributed by atoms with van der Waals surface area (Å²) < 4.78 is 5.86. The van der Waals surface area contributed by atoms with Crippen LogP contribution >= 0.6 is 0 Å². The Kier molecular flexibility index (Phi) is 45.2. The van der Waals surface area contributed by atoms with Crippen LogP contribution in [0.4, 0.5) is 0 Å². The molecule has 0 aromatic heterocycles. The van der Waals surface area contributed by atoms with Crippen LogP contribution < -0.4 is 5.32 Å². The third kappa shape index (κ3) is 42.0. The number of rotatable bonds is 44. The molecular weight excluding hydrogens is 743 g/mol. The van der Waals surface area contributed by atoms with Crippen LogP contribution in [-0.4, -0.2) is 46.9 Å². The van der Waals surface area contributed by atoms with Gasteiger partial charge in [-0.1, -0.05) is 235 Å². The smallest absolute Gasteiger partial charge is 0.306 e. The SMILES string of the molecule is CC/C=C/C=C/C=C\C=C/C=C/CCCC(=O)OC(CCC/C=C\CCCCCCCC)CC(=O)NC(CO)C(O)CCCCCCCCCCCCCCCCCCC. The second kappa shape index (κ2) is 47.4. The fourth-order valence-electron chi connectivity index (χ4n) is 7.34. The maximum absolute atomic E-state index is 13.2. The summed E-state index contributed by atoms with van der Waals surface area (Å²) in [6.07, 6.45) is 59.7. The van der Waals surface area contributed by atoms with E-state index in [0.717, 1.165) is 51.4 Å². The molecule has 346 valence electrons. The number of hydrogen-bond donors (Lipinski definition) is 3. The molecule has 0 radical (unpaired) electrons. The molecule has 6 heteroatoms. The molecule has 0 spiro atoms. The summed E-state index contributed by atoms with van der Waals surface area (Å²) in [7, 11) is 0. The van der Waals surface area contributed by atoms with Crippen molar-refractivity contribution >= 4 is 11.9 Å². The van der Waals surface area contributed by atoms with Gasteiger partial charge < -0.3 is 20.3 Å². The van der Waals surface area contributed by atoms with Gasteiger partial charge in [0.05, 0.1) is 25.2 Å². The van der Waals surface area contributed by atoms with Crippen molar-refractivity contribution in [2.24, 2.45) is 0 Å². The number of carbonyl (C=O) groups excluding carboxylic acids is 2. The maximum Gasteiger partial charge on any atom is 0.306 e. The minimum absolute atomic E-state index is 0.0256. The maximum atomic E-state index is 13.2. The molecule has 0 rings (SSSR count). The van der Waals surface area contributed by atoms with Gasteiger partial charge in [0.25, 0.3) is 0 Å². The second-order valence-corrected chi connectivity index (χ2v) is 17.0. The van der Waals surface area contributed by atoms with Crippen LogP contribution in [0.5, 0.6) is 0 Å². The molecule has 6 nitrogen and oxygen atoms in total. The lowest BCUT2D eigenvalue weighted by Gasteiger charge is -2.24. The first kappa shape index (κ1) is 57.3. The summed E-state index contributed by atoms with van der Waals surface area (Å²) in [5.74, 6) is -0.594. The Balaban J connectivity index is 4.60. The zero-order chi connectivity index (χ0) is 43.8. The average molecular weight is 838 g/mol. The van der Waals surface area contributed by atoms with E-state index in [0.29, 0.717) is 19.3 Å². The van der Waals surface area contributed by atoms with E-state index in [1.54, 1.807) is 0 Å². The molecule has 0 saturated heterocycles. The van der Waals surface area contributed by atoms with Crippen molar-refractivity contribution in [3.8, 4) is 0 Å². The van der Waals surface area contributed by atoms with Crippen molar-refractivity contribution in [3.05, 3.63) is 72.9 Å². The van der Waals surface area contributed by atoms with Crippen LogP contribution in [0.25, 0.3) is 0 Å². The standard InChI is InChI=1S/C54H95NO5/c1-4-7-10-13-16-19-22-24-25-26-27-29-31-34-37-40-43-46-52(57)51(49-56)55-53(58)48-50(45-42-39-36-33-30-21-18-15-12-9-6-3)60-54(59)47-44-41-38-35-32-28-23-20-17-14-11-8-5-2/h8,11,14,17,20,23,28,32-33,35-36,38,50-52,56-57H,4-7,9-10,12-13,15-16,18-19,21-22,24-27,29-31,34,37,39-49H2,1-3H3,(H,55,58)/b11-8+,17-14+,23-20-,32-28-,36-33-,38-35+. The summed E-state index contributed by atoms with van der Waals surface area (Å²) in [6, 6.07) is -0.726. The third-order valence-electron chi connectivity index (χ3n) is 11.1. The number of unbranched alkanes of at least 4 members (excludes halogenated alkanes) is 24. The number of carbonyl (C=O) groups is 2. The van der Waals surface area contributed by atoms with E-state index < -0.39 is 18.2 Å². The van der Waals surface area contributed by atoms with Gasteiger partial charge in [-0.15, -0.1) is 0 Å². The van der Waals surface area contributed by atoms with Gasteiger partial charge in [0.15, 0.2) is 0 Å². The highest BCUT2D eigenvalue weighted by Gasteiger charge is 2.24. The molecule has 0 bridgehead atoms. The van der Waals surface area contributed by atoms with Crippen LogP contribution in [0.15, 0.2) is 72.9 Å². The highest BCUT2D eigenvalue weighted by atomic mass is 16.5. The molecule has 0 heterocycles. The van der Waals surface area contributed by atoms with Gasteiger partial charge in [0, 0.05) is 6.42 Å². The lowest BCUT2D eigenvalue weighted by molar-refractivity contribution is -0.151. The van der Waals surface area contributed by atoms with Gasteiger partial charge in [-0.05, 0) is 57.8 Å². The fraction of sp³-hybridized carbons (Fsp3) is 0.741. The molecule has 0 fully saturated rings. The van der Waals surface area contributed by atoms with Gasteiger partial charge in [0.2, 0.25) is 5.91 Å². The van der Waals surface area contributed by atoms with Crippen molar-refractivity contribution in [1.29, 1.82) is 0 Å². The molecule has 3 N–H and O–H groups in total. The number of nitrogens with one attached hydrogen (secondary N) is 1. The Bertz CT molecular complexity index is 1120. The summed E-state index contributed by atoms with van der Waals surface area (Å²) in [5, 5.41) is 23.7. The number of allylic oxidation sites excluding steroid dienone is 12. The van der Waals surface area contributed by atoms with E-state index in [1.165, 1.54) is 128 Å². The zero-order valence-electron chi connectivity index (χ0n) is 39.3. The lowest BCUT2D eigenvalue weighted by atomic mass is 10.0. The summed E-state index contributed by atoms with van der Waals surface area (Å²) in [4.78, 5) is 26.0. The number of aliphatic hydroxyl groups is 2. The Hall–Kier alpha value is -2.70. The molecule has 0 aliphatic heterocycles. The van der Waals surface area contributed by atoms with E-state index in [9.17, 15) is 19.8 Å². The van der Waals surface area contributed by atoms with Crippen LogP contribution in [-0.2, 0) is 14.3 Å². The van der Waals surface area contributed by atoms with Crippen molar-refractivity contribution in [1.82, 2.24) is 5.32 Å². The minimum Gasteiger partial charge on any atom is -0.462 e. The highest BCUT2D eigenvalue weighted by molar-refractivity contribution is 5.77. The zero-order valence-corrected chi connectivity index (χ0v) is 39.3. The van der Waals surface area contributed by atoms with E-state index in [-0.39, 0.29) is 31.3 Å². The highest BCUT2D eigenvalue weighted by Crippen LogP contribution is 2.17. The Morgan fingerprint density at radius 1 is 0.500 bits per heavy atom. The molecule has 0 aromatic rings. The van der Waals surface area contributed by atoms with Gasteiger partial charge in [0.1, 0.15) is 6.10 Å². The van der Waals surface area contributed by atoms with Gasteiger partial charge in [-0.2, -0.15) is 0 Å². The van der Waals surface area contributed by atoms with Crippen LogP contribution in [0, 0.1) is 0 Å². The van der Waals surface area contributed by atoms with E-state index >= 15 is 0 Å². The molecular formula is C54H95NO5. The average Bonchev–Trinajstić information content (AvgIpc) is 3.24. The normalized spacial score (nSPS) is 13.9. The Morgan fingerprint density at radius 3 is 1.43 bits per heavy atom. The van der Waals surface area contributed by atoms with Crippen LogP contribution in [0.2, 0.25) is 0 Å². The second-order valence-electron chi connectivity index (χ2n) is 17.0. The number of amides is 1. The van der Waals surface area contributed by atoms with E-state index in [1.807, 2.05) is 54.7 Å². The third-order valence-corrected chi connectivity index (χ3v) is 11.1. The molecule has 0 aliphatic rings. The number of esters is 1. The molecule has 0 aromatic carbocycles.